The van der Waals surface area contributed by atoms with Crippen LogP contribution in [0.4, 0.5) is 0 Å². The van der Waals surface area contributed by atoms with Gasteiger partial charge in [0.25, 0.3) is 0 Å². The first-order chi connectivity index (χ1) is 8.54. The molecule has 0 radical (unpaired) electrons. The number of nitrogens with one attached hydrogen (secondary N) is 1. The van der Waals surface area contributed by atoms with Crippen LogP contribution >= 0.6 is 0 Å². The van der Waals surface area contributed by atoms with Crippen molar-refractivity contribution in [1.29, 1.82) is 0 Å². The van der Waals surface area contributed by atoms with Gasteiger partial charge in [-0.3, -0.25) is 14.5 Å². The summed E-state index contributed by atoms with van der Waals surface area (Å²) in [5.74, 6) is 1.42. The van der Waals surface area contributed by atoms with Gasteiger partial charge in [-0.15, -0.1) is 6.42 Å². The maximum atomic E-state index is 11.5. The maximum absolute atomic E-state index is 11.5. The fourth-order valence-electron chi connectivity index (χ4n) is 2.39. The zero-order valence-electron chi connectivity index (χ0n) is 10.7. The Labute approximate surface area is 108 Å². The third kappa shape index (κ3) is 3.47. The van der Waals surface area contributed by atoms with Crippen molar-refractivity contribution in [2.24, 2.45) is 5.41 Å². The summed E-state index contributed by atoms with van der Waals surface area (Å²) in [5.41, 5.74) is -0.704. The van der Waals surface area contributed by atoms with Crippen molar-refractivity contribution in [3.8, 4) is 12.3 Å². The molecule has 100 valence electrons. The molecular weight excluding hydrogens is 232 g/mol. The van der Waals surface area contributed by atoms with Crippen LogP contribution in [0.1, 0.15) is 26.2 Å². The molecule has 1 atom stereocenters. The molecule has 18 heavy (non-hydrogen) atoms. The monoisotopic (exact) mass is 252 g/mol. The van der Waals surface area contributed by atoms with E-state index in [0.717, 1.165) is 13.0 Å². The standard InChI is InChI=1S/C13H20N2O3/c1-3-7-14-11(16)9-15-8-5-6-13(4-2,10-15)12(17)18/h1H,4-10H2,2H3,(H,14,16)(H,17,18). The van der Waals surface area contributed by atoms with Gasteiger partial charge in [0, 0.05) is 6.54 Å². The van der Waals surface area contributed by atoms with Gasteiger partial charge in [0.2, 0.25) is 5.91 Å². The lowest BCUT2D eigenvalue weighted by Crippen LogP contribution is -2.50. The minimum atomic E-state index is -0.765. The van der Waals surface area contributed by atoms with E-state index < -0.39 is 11.4 Å². The highest BCUT2D eigenvalue weighted by molar-refractivity contribution is 5.79. The van der Waals surface area contributed by atoms with E-state index in [2.05, 4.69) is 11.2 Å². The van der Waals surface area contributed by atoms with Gasteiger partial charge in [0.15, 0.2) is 0 Å². The van der Waals surface area contributed by atoms with Crippen LogP contribution in [0.15, 0.2) is 0 Å². The summed E-state index contributed by atoms with van der Waals surface area (Å²) in [5, 5.41) is 11.9. The van der Waals surface area contributed by atoms with Crippen LogP contribution in [0, 0.1) is 17.8 Å². The van der Waals surface area contributed by atoms with E-state index in [1.807, 2.05) is 11.8 Å². The second kappa shape index (κ2) is 6.41. The smallest absolute Gasteiger partial charge is 0.310 e. The predicted octanol–water partition coefficient (Wildman–Crippen LogP) is 0.313. The Kier molecular flexibility index (Phi) is 5.17. The van der Waals surface area contributed by atoms with Crippen molar-refractivity contribution in [2.45, 2.75) is 26.2 Å². The van der Waals surface area contributed by atoms with E-state index >= 15 is 0 Å². The zero-order chi connectivity index (χ0) is 13.6. The fourth-order valence-corrected chi connectivity index (χ4v) is 2.39. The Balaban J connectivity index is 2.56. The zero-order valence-corrected chi connectivity index (χ0v) is 10.7. The van der Waals surface area contributed by atoms with E-state index in [-0.39, 0.29) is 19.0 Å². The molecule has 1 unspecified atom stereocenters. The quantitative estimate of drug-likeness (QED) is 0.691. The number of piperidine rings is 1. The van der Waals surface area contributed by atoms with Crippen molar-refractivity contribution in [1.82, 2.24) is 10.2 Å². The summed E-state index contributed by atoms with van der Waals surface area (Å²) in [4.78, 5) is 24.8. The normalized spacial score (nSPS) is 24.2. The molecule has 0 bridgehead atoms. The first-order valence-electron chi connectivity index (χ1n) is 6.20. The minimum Gasteiger partial charge on any atom is -0.481 e. The molecule has 0 aromatic heterocycles. The Hall–Kier alpha value is -1.54. The average molecular weight is 252 g/mol. The number of carboxylic acid groups (broad SMARTS) is 1. The summed E-state index contributed by atoms with van der Waals surface area (Å²) in [6, 6.07) is 0. The molecule has 1 fully saturated rings. The molecule has 1 aliphatic heterocycles. The average Bonchev–Trinajstić information content (AvgIpc) is 2.36. The van der Waals surface area contributed by atoms with Gasteiger partial charge in [-0.2, -0.15) is 0 Å². The molecule has 0 aromatic carbocycles. The lowest BCUT2D eigenvalue weighted by atomic mass is 9.77. The van der Waals surface area contributed by atoms with Gasteiger partial charge in [-0.05, 0) is 25.8 Å². The van der Waals surface area contributed by atoms with E-state index in [4.69, 9.17) is 6.42 Å². The molecule has 0 aliphatic carbocycles. The number of amides is 1. The van der Waals surface area contributed by atoms with E-state index in [9.17, 15) is 14.7 Å². The topological polar surface area (TPSA) is 69.6 Å². The molecule has 2 N–H and O–H groups in total. The Morgan fingerprint density at radius 2 is 2.28 bits per heavy atom. The molecule has 5 heteroatoms. The molecule has 1 heterocycles. The molecule has 1 aliphatic rings. The van der Waals surface area contributed by atoms with E-state index in [1.165, 1.54) is 0 Å². The number of terminal acetylenes is 1. The summed E-state index contributed by atoms with van der Waals surface area (Å²) in [6.45, 7) is 3.51. The van der Waals surface area contributed by atoms with Crippen molar-refractivity contribution in [2.75, 3.05) is 26.2 Å². The van der Waals surface area contributed by atoms with Crippen LogP contribution in [0.2, 0.25) is 0 Å². The van der Waals surface area contributed by atoms with Crippen LogP contribution in [0.25, 0.3) is 0 Å². The molecule has 0 spiro atoms. The number of aliphatic carboxylic acids is 1. The first kappa shape index (κ1) is 14.5. The van der Waals surface area contributed by atoms with Gasteiger partial charge < -0.3 is 10.4 Å². The molecule has 1 rings (SSSR count). The van der Waals surface area contributed by atoms with Crippen molar-refractivity contribution >= 4 is 11.9 Å². The molecule has 0 saturated carbocycles. The third-order valence-electron chi connectivity index (χ3n) is 3.54. The van der Waals surface area contributed by atoms with Crippen LogP contribution in [0.3, 0.4) is 0 Å². The number of carbonyl (C=O) groups excluding carboxylic acids is 1. The van der Waals surface area contributed by atoms with Crippen molar-refractivity contribution < 1.29 is 14.7 Å². The number of rotatable bonds is 5. The van der Waals surface area contributed by atoms with E-state index in [1.54, 1.807) is 0 Å². The van der Waals surface area contributed by atoms with Crippen LogP contribution < -0.4 is 5.32 Å². The summed E-state index contributed by atoms with van der Waals surface area (Å²) < 4.78 is 0. The number of likely N-dealkylation sites (tertiary alicyclic amines) is 1. The minimum absolute atomic E-state index is 0.148. The van der Waals surface area contributed by atoms with Crippen LogP contribution in [-0.4, -0.2) is 48.1 Å². The number of hydrogen-bond donors (Lipinski definition) is 2. The maximum Gasteiger partial charge on any atom is 0.310 e. The predicted molar refractivity (Wildman–Crippen MR) is 67.9 cm³/mol. The van der Waals surface area contributed by atoms with Gasteiger partial charge in [-0.25, -0.2) is 0 Å². The molecule has 0 aromatic rings. The van der Waals surface area contributed by atoms with Gasteiger partial charge in [0.1, 0.15) is 0 Å². The largest absolute Gasteiger partial charge is 0.481 e. The second-order valence-electron chi connectivity index (χ2n) is 4.73. The summed E-state index contributed by atoms with van der Waals surface area (Å²) >= 11 is 0. The lowest BCUT2D eigenvalue weighted by Gasteiger charge is -2.39. The SMILES string of the molecule is C#CCNC(=O)CN1CCCC(CC)(C(=O)O)C1. The Morgan fingerprint density at radius 1 is 1.56 bits per heavy atom. The molecular formula is C13H20N2O3. The van der Waals surface area contributed by atoms with Crippen LogP contribution in [-0.2, 0) is 9.59 Å². The number of carboxylic acids is 1. The van der Waals surface area contributed by atoms with Crippen molar-refractivity contribution in [3.05, 3.63) is 0 Å². The lowest BCUT2D eigenvalue weighted by molar-refractivity contribution is -0.153. The molecule has 1 amide bonds. The fraction of sp³-hybridized carbons (Fsp3) is 0.692. The number of carbonyl (C=O) groups is 2. The molecule has 1 saturated heterocycles. The number of hydrogen-bond acceptors (Lipinski definition) is 3. The third-order valence-corrected chi connectivity index (χ3v) is 3.54. The van der Waals surface area contributed by atoms with Gasteiger partial charge >= 0.3 is 5.97 Å². The molecule has 5 nitrogen and oxygen atoms in total. The summed E-state index contributed by atoms with van der Waals surface area (Å²) in [7, 11) is 0. The van der Waals surface area contributed by atoms with Gasteiger partial charge in [-0.1, -0.05) is 12.8 Å². The highest BCUT2D eigenvalue weighted by Gasteiger charge is 2.40. The van der Waals surface area contributed by atoms with E-state index in [0.29, 0.717) is 19.4 Å². The highest BCUT2D eigenvalue weighted by Crippen LogP contribution is 2.33. The summed E-state index contributed by atoms with van der Waals surface area (Å²) in [6.07, 6.45) is 7.14. The van der Waals surface area contributed by atoms with Crippen LogP contribution in [0.5, 0.6) is 0 Å². The van der Waals surface area contributed by atoms with Gasteiger partial charge in [0.05, 0.1) is 18.5 Å². The van der Waals surface area contributed by atoms with Crippen molar-refractivity contribution in [3.63, 3.8) is 0 Å². The highest BCUT2D eigenvalue weighted by atomic mass is 16.4. The Morgan fingerprint density at radius 3 is 2.83 bits per heavy atom. The Bertz CT molecular complexity index is 362. The first-order valence-corrected chi connectivity index (χ1v) is 6.20. The number of nitrogens with zero attached hydrogens (tertiary/aromatic N) is 1. The second-order valence-corrected chi connectivity index (χ2v) is 4.73.